The van der Waals surface area contributed by atoms with E-state index in [2.05, 4.69) is 0 Å². The van der Waals surface area contributed by atoms with E-state index in [1.807, 2.05) is 60.7 Å². The number of aromatic carboxylic acids is 1. The molecule has 30 heavy (non-hydrogen) atoms. The van der Waals surface area contributed by atoms with Crippen LogP contribution in [0, 0.1) is 0 Å². The molecule has 0 spiro atoms. The molecule has 2 fully saturated rings. The molecule has 3 aromatic rings. The second kappa shape index (κ2) is 10.7. The minimum absolute atomic E-state index is 0.125. The molecule has 1 aromatic heterocycles. The number of carboxylic acids is 1. The largest absolute Gasteiger partial charge is 0.477 e. The number of esters is 1. The minimum Gasteiger partial charge on any atom is -0.477 e. The van der Waals surface area contributed by atoms with E-state index in [1.54, 1.807) is 0 Å². The Morgan fingerprint density at radius 1 is 0.733 bits per heavy atom. The second-order valence-electron chi connectivity index (χ2n) is 7.16. The van der Waals surface area contributed by atoms with Crippen molar-refractivity contribution in [2.45, 2.75) is 38.5 Å². The van der Waals surface area contributed by atoms with Gasteiger partial charge in [0, 0.05) is 11.1 Å². The molecule has 5 heteroatoms. The van der Waals surface area contributed by atoms with E-state index in [9.17, 15) is 14.7 Å². The third-order valence-electron chi connectivity index (χ3n) is 4.31. The van der Waals surface area contributed by atoms with Crippen molar-refractivity contribution in [2.24, 2.45) is 0 Å². The molecule has 2 saturated carbocycles. The van der Waals surface area contributed by atoms with Crippen LogP contribution < -0.4 is 0 Å². The lowest BCUT2D eigenvalue weighted by Gasteiger charge is -2.08. The van der Waals surface area contributed by atoms with Crippen LogP contribution >= 0.6 is 11.3 Å². The molecular weight excluding hydrogens is 396 g/mol. The van der Waals surface area contributed by atoms with Crippen molar-refractivity contribution < 1.29 is 19.4 Å². The molecule has 0 aliphatic heterocycles. The zero-order valence-electron chi connectivity index (χ0n) is 17.1. The van der Waals surface area contributed by atoms with Gasteiger partial charge in [0.15, 0.2) is 0 Å². The van der Waals surface area contributed by atoms with Gasteiger partial charge in [0.2, 0.25) is 0 Å². The average molecular weight is 423 g/mol. The Hall–Kier alpha value is -2.92. The Bertz CT molecular complexity index is 962. The Balaban J connectivity index is 0.000000364. The van der Waals surface area contributed by atoms with Crippen LogP contribution in [0.2, 0.25) is 0 Å². The Kier molecular flexibility index (Phi) is 7.80. The van der Waals surface area contributed by atoms with Gasteiger partial charge in [-0.15, -0.1) is 11.3 Å². The second-order valence-corrected chi connectivity index (χ2v) is 8.18. The van der Waals surface area contributed by atoms with E-state index < -0.39 is 11.9 Å². The van der Waals surface area contributed by atoms with Gasteiger partial charge in [0.05, 0.1) is 7.11 Å². The minimum atomic E-state index is -1.06. The van der Waals surface area contributed by atoms with Crippen LogP contribution in [0.4, 0.5) is 0 Å². The lowest BCUT2D eigenvalue weighted by Crippen LogP contribution is -2.00. The first-order chi connectivity index (χ1) is 14.6. The van der Waals surface area contributed by atoms with Crippen molar-refractivity contribution in [1.82, 2.24) is 0 Å². The number of thiophene rings is 1. The molecule has 1 N–H and O–H groups in total. The predicted molar refractivity (Wildman–Crippen MR) is 121 cm³/mol. The van der Waals surface area contributed by atoms with Crippen molar-refractivity contribution in [3.8, 4) is 22.3 Å². The summed E-state index contributed by atoms with van der Waals surface area (Å²) < 4.78 is 4.86. The van der Waals surface area contributed by atoms with Gasteiger partial charge in [-0.25, -0.2) is 9.59 Å². The maximum absolute atomic E-state index is 12.2. The summed E-state index contributed by atoms with van der Waals surface area (Å²) in [6, 6.07) is 18.5. The summed E-state index contributed by atoms with van der Waals surface area (Å²) in [4.78, 5) is 24.4. The molecular formula is C25H26O4S. The molecule has 156 valence electrons. The van der Waals surface area contributed by atoms with Crippen molar-refractivity contribution >= 4 is 23.3 Å². The topological polar surface area (TPSA) is 63.6 Å². The summed E-state index contributed by atoms with van der Waals surface area (Å²) in [5, 5.41) is 9.62. The SMILES string of the molecule is C1CC1.C1CC1.COC(=O)c1sc(C(=O)O)c(-c2ccccc2)c1-c1ccccc1. The summed E-state index contributed by atoms with van der Waals surface area (Å²) in [6.07, 6.45) is 9.00. The van der Waals surface area contributed by atoms with Crippen molar-refractivity contribution in [3.63, 3.8) is 0 Å². The Morgan fingerprint density at radius 3 is 1.47 bits per heavy atom. The quantitative estimate of drug-likeness (QED) is 0.464. The Morgan fingerprint density at radius 2 is 1.13 bits per heavy atom. The molecule has 0 saturated heterocycles. The first-order valence-electron chi connectivity index (χ1n) is 10.2. The molecule has 0 amide bonds. The highest BCUT2D eigenvalue weighted by Gasteiger charge is 2.28. The lowest BCUT2D eigenvalue weighted by molar-refractivity contribution is 0.0606. The van der Waals surface area contributed by atoms with Crippen LogP contribution in [0.5, 0.6) is 0 Å². The number of benzene rings is 2. The molecule has 2 aliphatic rings. The number of ether oxygens (including phenoxy) is 1. The van der Waals surface area contributed by atoms with Gasteiger partial charge in [-0.2, -0.15) is 0 Å². The predicted octanol–water partition coefficient (Wildman–Crippen LogP) is 6.91. The third kappa shape index (κ3) is 6.04. The van der Waals surface area contributed by atoms with Crippen LogP contribution in [-0.2, 0) is 4.74 Å². The molecule has 0 bridgehead atoms. The molecule has 1 heterocycles. The van der Waals surface area contributed by atoms with Gasteiger partial charge in [-0.3, -0.25) is 0 Å². The van der Waals surface area contributed by atoms with Gasteiger partial charge in [0.1, 0.15) is 9.75 Å². The number of methoxy groups -OCH3 is 1. The van der Waals surface area contributed by atoms with E-state index in [0.29, 0.717) is 16.0 Å². The van der Waals surface area contributed by atoms with Crippen molar-refractivity contribution in [3.05, 3.63) is 70.4 Å². The summed E-state index contributed by atoms with van der Waals surface area (Å²) in [7, 11) is 1.29. The number of carboxylic acid groups (broad SMARTS) is 1. The smallest absolute Gasteiger partial charge is 0.348 e. The highest BCUT2D eigenvalue weighted by atomic mass is 32.1. The molecule has 0 unspecified atom stereocenters. The molecule has 0 atom stereocenters. The molecule has 0 radical (unpaired) electrons. The third-order valence-corrected chi connectivity index (χ3v) is 5.46. The van der Waals surface area contributed by atoms with Gasteiger partial charge in [0.25, 0.3) is 0 Å². The van der Waals surface area contributed by atoms with Crippen LogP contribution in [0.25, 0.3) is 22.3 Å². The van der Waals surface area contributed by atoms with Crippen molar-refractivity contribution in [1.29, 1.82) is 0 Å². The standard InChI is InChI=1S/C19H14O4S.2C3H6/c1-23-19(22)17-15(13-10-6-3-7-11-13)14(16(24-17)18(20)21)12-8-4-2-5-9-12;2*1-2-3-1/h2-11H,1H3,(H,20,21);2*1-3H2. The molecule has 2 aromatic carbocycles. The maximum atomic E-state index is 12.2. The van der Waals surface area contributed by atoms with Gasteiger partial charge in [-0.05, 0) is 11.1 Å². The van der Waals surface area contributed by atoms with Crippen LogP contribution in [0.15, 0.2) is 60.7 Å². The monoisotopic (exact) mass is 422 g/mol. The summed E-state index contributed by atoms with van der Waals surface area (Å²) >= 11 is 0.943. The zero-order valence-corrected chi connectivity index (χ0v) is 17.9. The molecule has 2 aliphatic carbocycles. The fourth-order valence-electron chi connectivity index (χ4n) is 2.58. The fourth-order valence-corrected chi connectivity index (χ4v) is 3.68. The number of carbonyl (C=O) groups is 2. The number of hydrogen-bond donors (Lipinski definition) is 1. The number of hydrogen-bond acceptors (Lipinski definition) is 4. The Labute approximate surface area is 181 Å². The van der Waals surface area contributed by atoms with Crippen LogP contribution in [0.1, 0.15) is 57.9 Å². The highest BCUT2D eigenvalue weighted by molar-refractivity contribution is 7.17. The molecule has 4 nitrogen and oxygen atoms in total. The van der Waals surface area contributed by atoms with Gasteiger partial charge >= 0.3 is 11.9 Å². The van der Waals surface area contributed by atoms with E-state index >= 15 is 0 Å². The number of rotatable bonds is 4. The van der Waals surface area contributed by atoms with Gasteiger partial charge in [-0.1, -0.05) is 99.2 Å². The zero-order chi connectivity index (χ0) is 21.3. The van der Waals surface area contributed by atoms with E-state index in [0.717, 1.165) is 22.5 Å². The van der Waals surface area contributed by atoms with Crippen LogP contribution in [0.3, 0.4) is 0 Å². The van der Waals surface area contributed by atoms with E-state index in [4.69, 9.17) is 4.74 Å². The summed E-state index contributed by atoms with van der Waals surface area (Å²) in [6.45, 7) is 0. The molecule has 5 rings (SSSR count). The number of carbonyl (C=O) groups excluding carboxylic acids is 1. The average Bonchev–Trinajstić information content (AvgIpc) is 3.68. The first-order valence-corrected chi connectivity index (χ1v) is 11.0. The van der Waals surface area contributed by atoms with Crippen LogP contribution in [-0.4, -0.2) is 24.2 Å². The highest BCUT2D eigenvalue weighted by Crippen LogP contribution is 2.43. The maximum Gasteiger partial charge on any atom is 0.348 e. The first kappa shape index (κ1) is 21.8. The van der Waals surface area contributed by atoms with Gasteiger partial charge < -0.3 is 9.84 Å². The van der Waals surface area contributed by atoms with E-state index in [1.165, 1.54) is 45.6 Å². The summed E-state index contributed by atoms with van der Waals surface area (Å²) in [5.74, 6) is -1.60. The summed E-state index contributed by atoms with van der Waals surface area (Å²) in [5.41, 5.74) is 2.66. The lowest BCUT2D eigenvalue weighted by atomic mass is 9.95. The fraction of sp³-hybridized carbons (Fsp3) is 0.280. The normalized spacial score (nSPS) is 13.1. The van der Waals surface area contributed by atoms with Crippen molar-refractivity contribution in [2.75, 3.05) is 7.11 Å². The van der Waals surface area contributed by atoms with E-state index in [-0.39, 0.29) is 4.88 Å².